The predicted molar refractivity (Wildman–Crippen MR) is 100 cm³/mol. The van der Waals surface area contributed by atoms with E-state index in [1.807, 2.05) is 50.2 Å². The molecule has 1 saturated heterocycles. The first-order valence-electron chi connectivity index (χ1n) is 8.81. The number of quaternary nitrogens is 1. The molecular formula is C20H24N3O2S+. The second kappa shape index (κ2) is 7.58. The van der Waals surface area contributed by atoms with E-state index in [0.717, 1.165) is 36.3 Å². The summed E-state index contributed by atoms with van der Waals surface area (Å²) in [5.74, 6) is 0. The highest BCUT2D eigenvalue weighted by molar-refractivity contribution is 7.89. The summed E-state index contributed by atoms with van der Waals surface area (Å²) in [7, 11) is -3.46. The lowest BCUT2D eigenvalue weighted by molar-refractivity contribution is -0.917. The molecule has 1 aliphatic rings. The minimum absolute atomic E-state index is 0.413. The number of piperazine rings is 1. The molecule has 1 N–H and O–H groups in total. The third-order valence-electron chi connectivity index (χ3n) is 4.97. The van der Waals surface area contributed by atoms with Gasteiger partial charge in [-0.2, -0.15) is 9.57 Å². The summed E-state index contributed by atoms with van der Waals surface area (Å²) in [6, 6.07) is 15.4. The van der Waals surface area contributed by atoms with Crippen LogP contribution in [0.4, 0.5) is 0 Å². The lowest BCUT2D eigenvalue weighted by Gasteiger charge is -2.32. The molecule has 0 aromatic heterocycles. The molecule has 0 aliphatic carbocycles. The summed E-state index contributed by atoms with van der Waals surface area (Å²) in [4.78, 5) is 1.72. The Morgan fingerprint density at radius 1 is 1.12 bits per heavy atom. The van der Waals surface area contributed by atoms with Crippen LogP contribution in [0.15, 0.2) is 47.4 Å². The zero-order chi connectivity index (χ0) is 18.7. The molecule has 0 atom stereocenters. The van der Waals surface area contributed by atoms with Gasteiger partial charge in [0.25, 0.3) is 0 Å². The highest BCUT2D eigenvalue weighted by atomic mass is 32.2. The Kier molecular flexibility index (Phi) is 5.42. The number of nitrogens with zero attached hydrogens (tertiary/aromatic N) is 2. The van der Waals surface area contributed by atoms with Crippen molar-refractivity contribution in [1.29, 1.82) is 5.26 Å². The van der Waals surface area contributed by atoms with E-state index in [1.165, 1.54) is 4.90 Å². The van der Waals surface area contributed by atoms with E-state index in [-0.39, 0.29) is 0 Å². The topological polar surface area (TPSA) is 65.6 Å². The van der Waals surface area contributed by atoms with E-state index >= 15 is 0 Å². The van der Waals surface area contributed by atoms with Gasteiger partial charge in [0, 0.05) is 5.56 Å². The van der Waals surface area contributed by atoms with Crippen LogP contribution in [0.2, 0.25) is 0 Å². The Hall–Kier alpha value is -2.20. The number of rotatable bonds is 4. The SMILES string of the molecule is Cc1ccc(C)c(S(=O)(=O)N2CC[NH+](Cc3ccccc3C#N)CC2)c1. The van der Waals surface area contributed by atoms with Crippen molar-refractivity contribution in [1.82, 2.24) is 4.31 Å². The number of hydrogen-bond acceptors (Lipinski definition) is 3. The second-order valence-corrected chi connectivity index (χ2v) is 8.78. The summed E-state index contributed by atoms with van der Waals surface area (Å²) in [6.07, 6.45) is 0. The molecule has 6 heteroatoms. The highest BCUT2D eigenvalue weighted by Crippen LogP contribution is 2.21. The van der Waals surface area contributed by atoms with Crippen molar-refractivity contribution < 1.29 is 13.3 Å². The lowest BCUT2D eigenvalue weighted by Crippen LogP contribution is -3.13. The van der Waals surface area contributed by atoms with Gasteiger partial charge in [0.2, 0.25) is 10.0 Å². The maximum Gasteiger partial charge on any atom is 0.243 e. The quantitative estimate of drug-likeness (QED) is 0.881. The average molecular weight is 370 g/mol. The Morgan fingerprint density at radius 3 is 2.50 bits per heavy atom. The fraction of sp³-hybridized carbons (Fsp3) is 0.350. The molecule has 26 heavy (non-hydrogen) atoms. The molecule has 0 bridgehead atoms. The van der Waals surface area contributed by atoms with Gasteiger partial charge in [-0.25, -0.2) is 8.42 Å². The molecule has 0 amide bonds. The van der Waals surface area contributed by atoms with Crippen molar-refractivity contribution in [2.24, 2.45) is 0 Å². The number of nitriles is 1. The number of nitrogens with one attached hydrogen (secondary N) is 1. The molecular weight excluding hydrogens is 346 g/mol. The molecule has 0 radical (unpaired) electrons. The van der Waals surface area contributed by atoms with Crippen LogP contribution >= 0.6 is 0 Å². The summed E-state index contributed by atoms with van der Waals surface area (Å²) < 4.78 is 27.6. The smallest absolute Gasteiger partial charge is 0.243 e. The largest absolute Gasteiger partial charge is 0.329 e. The van der Waals surface area contributed by atoms with Crippen LogP contribution in [0.25, 0.3) is 0 Å². The van der Waals surface area contributed by atoms with Crippen LogP contribution in [0.1, 0.15) is 22.3 Å². The normalized spacial score (nSPS) is 16.3. The summed E-state index contributed by atoms with van der Waals surface area (Å²) in [6.45, 7) is 6.98. The minimum Gasteiger partial charge on any atom is -0.329 e. The first-order chi connectivity index (χ1) is 12.4. The van der Waals surface area contributed by atoms with Gasteiger partial charge in [-0.1, -0.05) is 30.3 Å². The van der Waals surface area contributed by atoms with Crippen LogP contribution in [0, 0.1) is 25.2 Å². The van der Waals surface area contributed by atoms with Crippen LogP contribution < -0.4 is 4.90 Å². The highest BCUT2D eigenvalue weighted by Gasteiger charge is 2.31. The number of sulfonamides is 1. The van der Waals surface area contributed by atoms with Gasteiger partial charge in [0.05, 0.1) is 42.7 Å². The fourth-order valence-electron chi connectivity index (χ4n) is 3.40. The van der Waals surface area contributed by atoms with E-state index in [9.17, 15) is 13.7 Å². The van der Waals surface area contributed by atoms with Gasteiger partial charge in [-0.05, 0) is 37.1 Å². The molecule has 0 spiro atoms. The molecule has 3 rings (SSSR count). The summed E-state index contributed by atoms with van der Waals surface area (Å²) in [5, 5.41) is 9.22. The molecule has 5 nitrogen and oxygen atoms in total. The van der Waals surface area contributed by atoms with E-state index in [4.69, 9.17) is 0 Å². The lowest BCUT2D eigenvalue weighted by atomic mass is 10.1. The maximum atomic E-state index is 13.0. The van der Waals surface area contributed by atoms with Gasteiger partial charge in [0.15, 0.2) is 0 Å². The third-order valence-corrected chi connectivity index (χ3v) is 7.01. The molecule has 0 saturated carbocycles. The first-order valence-corrected chi connectivity index (χ1v) is 10.2. The number of benzene rings is 2. The third kappa shape index (κ3) is 3.80. The molecule has 2 aromatic rings. The van der Waals surface area contributed by atoms with E-state index in [2.05, 4.69) is 6.07 Å². The van der Waals surface area contributed by atoms with Crippen LogP contribution in [-0.4, -0.2) is 38.9 Å². The number of aryl methyl sites for hydroxylation is 2. The van der Waals surface area contributed by atoms with Crippen LogP contribution in [-0.2, 0) is 16.6 Å². The van der Waals surface area contributed by atoms with Crippen LogP contribution in [0.5, 0.6) is 0 Å². The molecule has 1 heterocycles. The number of hydrogen-bond donors (Lipinski definition) is 1. The summed E-state index contributed by atoms with van der Waals surface area (Å²) in [5.41, 5.74) is 3.46. The van der Waals surface area contributed by atoms with Crippen molar-refractivity contribution in [2.75, 3.05) is 26.2 Å². The monoisotopic (exact) mass is 370 g/mol. The zero-order valence-electron chi connectivity index (χ0n) is 15.2. The summed E-state index contributed by atoms with van der Waals surface area (Å²) >= 11 is 0. The van der Waals surface area contributed by atoms with Gasteiger partial charge in [-0.3, -0.25) is 0 Å². The van der Waals surface area contributed by atoms with Gasteiger partial charge >= 0.3 is 0 Å². The maximum absolute atomic E-state index is 13.0. The van der Waals surface area contributed by atoms with Gasteiger partial charge < -0.3 is 4.90 Å². The fourth-order valence-corrected chi connectivity index (χ4v) is 5.15. The first kappa shape index (κ1) is 18.6. The molecule has 136 valence electrons. The van der Waals surface area contributed by atoms with Crippen molar-refractivity contribution >= 4 is 10.0 Å². The molecule has 1 aliphatic heterocycles. The van der Waals surface area contributed by atoms with Crippen molar-refractivity contribution in [3.8, 4) is 6.07 Å². The van der Waals surface area contributed by atoms with Crippen molar-refractivity contribution in [2.45, 2.75) is 25.3 Å². The predicted octanol–water partition coefficient (Wildman–Crippen LogP) is 1.26. The minimum atomic E-state index is -3.46. The Morgan fingerprint density at radius 2 is 1.81 bits per heavy atom. The van der Waals surface area contributed by atoms with Crippen molar-refractivity contribution in [3.63, 3.8) is 0 Å². The van der Waals surface area contributed by atoms with Crippen LogP contribution in [0.3, 0.4) is 0 Å². The molecule has 1 fully saturated rings. The van der Waals surface area contributed by atoms with Crippen molar-refractivity contribution in [3.05, 3.63) is 64.7 Å². The van der Waals surface area contributed by atoms with E-state index < -0.39 is 10.0 Å². The second-order valence-electron chi connectivity index (χ2n) is 6.87. The molecule has 0 unspecified atom stereocenters. The van der Waals surface area contributed by atoms with E-state index in [1.54, 1.807) is 10.4 Å². The Labute approximate surface area is 155 Å². The standard InChI is InChI=1S/C20H23N3O2S/c1-16-7-8-17(2)20(13-16)26(24,25)23-11-9-22(10-12-23)15-19-6-4-3-5-18(19)14-21/h3-8,13H,9-12,15H2,1-2H3/p+1. The molecule has 2 aromatic carbocycles. The van der Waals surface area contributed by atoms with Gasteiger partial charge in [-0.15, -0.1) is 0 Å². The van der Waals surface area contributed by atoms with E-state index in [0.29, 0.717) is 23.5 Å². The van der Waals surface area contributed by atoms with Gasteiger partial charge in [0.1, 0.15) is 6.54 Å². The Bertz CT molecular complexity index is 940. The average Bonchev–Trinajstić information content (AvgIpc) is 2.64. The zero-order valence-corrected chi connectivity index (χ0v) is 16.0. The Balaban J connectivity index is 1.70.